The van der Waals surface area contributed by atoms with E-state index in [2.05, 4.69) is 10.6 Å². The molecule has 136 valence electrons. The monoisotopic (exact) mass is 349 g/mol. The van der Waals surface area contributed by atoms with E-state index in [4.69, 9.17) is 9.47 Å². The molecule has 4 amide bonds. The maximum Gasteiger partial charge on any atom is 0.325 e. The average molecular weight is 349 g/mol. The third kappa shape index (κ3) is 3.52. The van der Waals surface area contributed by atoms with Crippen molar-refractivity contribution in [1.29, 1.82) is 0 Å². The molecule has 0 aliphatic carbocycles. The Bertz CT molecular complexity index is 685. The molecule has 0 saturated carbocycles. The zero-order valence-electron chi connectivity index (χ0n) is 14.8. The van der Waals surface area contributed by atoms with E-state index >= 15 is 0 Å². The number of ether oxygens (including phenoxy) is 2. The molecule has 1 aromatic rings. The molecule has 0 aromatic heterocycles. The van der Waals surface area contributed by atoms with E-state index in [9.17, 15) is 14.4 Å². The predicted molar refractivity (Wildman–Crippen MR) is 91.7 cm³/mol. The van der Waals surface area contributed by atoms with Gasteiger partial charge in [-0.05, 0) is 25.0 Å². The number of carbonyl (C=O) groups is 3. The fourth-order valence-corrected chi connectivity index (χ4v) is 2.78. The standard InChI is InChI=1S/C17H23N3O5/c1-5-17(6-2)15(22)20(16(23)19-17)10-14(21)18-12-8-7-11(24-3)9-13(12)25-4/h7-9H,5-6,10H2,1-4H3,(H,18,21)(H,19,23). The molecule has 0 radical (unpaired) electrons. The van der Waals surface area contributed by atoms with Gasteiger partial charge in [-0.3, -0.25) is 14.5 Å². The van der Waals surface area contributed by atoms with E-state index in [1.54, 1.807) is 18.2 Å². The van der Waals surface area contributed by atoms with Gasteiger partial charge in [-0.25, -0.2) is 4.79 Å². The van der Waals surface area contributed by atoms with Crippen molar-refractivity contribution in [2.75, 3.05) is 26.1 Å². The van der Waals surface area contributed by atoms with Gasteiger partial charge >= 0.3 is 6.03 Å². The van der Waals surface area contributed by atoms with Gasteiger partial charge in [-0.1, -0.05) is 13.8 Å². The number of nitrogens with one attached hydrogen (secondary N) is 2. The average Bonchev–Trinajstić information content (AvgIpc) is 2.86. The summed E-state index contributed by atoms with van der Waals surface area (Å²) < 4.78 is 10.3. The first kappa shape index (κ1) is 18.6. The Hall–Kier alpha value is -2.77. The minimum atomic E-state index is -0.921. The number of benzene rings is 1. The summed E-state index contributed by atoms with van der Waals surface area (Å²) in [6, 6.07) is 4.38. The largest absolute Gasteiger partial charge is 0.497 e. The summed E-state index contributed by atoms with van der Waals surface area (Å²) in [4.78, 5) is 37.8. The molecule has 2 N–H and O–H groups in total. The van der Waals surface area contributed by atoms with Gasteiger partial charge < -0.3 is 20.1 Å². The smallest absolute Gasteiger partial charge is 0.325 e. The van der Waals surface area contributed by atoms with Gasteiger partial charge in [0.25, 0.3) is 5.91 Å². The number of imide groups is 1. The topological polar surface area (TPSA) is 97.0 Å². The molecule has 1 heterocycles. The number of anilines is 1. The number of nitrogens with zero attached hydrogens (tertiary/aromatic N) is 1. The lowest BCUT2D eigenvalue weighted by Crippen LogP contribution is -2.46. The van der Waals surface area contributed by atoms with E-state index < -0.39 is 17.5 Å². The molecule has 1 aliphatic heterocycles. The van der Waals surface area contributed by atoms with Crippen LogP contribution in [0.3, 0.4) is 0 Å². The van der Waals surface area contributed by atoms with Crippen molar-refractivity contribution in [2.45, 2.75) is 32.2 Å². The second kappa shape index (κ2) is 7.42. The number of urea groups is 1. The van der Waals surface area contributed by atoms with Crippen molar-refractivity contribution in [3.05, 3.63) is 18.2 Å². The number of carbonyl (C=O) groups excluding carboxylic acids is 3. The Balaban J connectivity index is 2.11. The van der Waals surface area contributed by atoms with Crippen LogP contribution in [0.1, 0.15) is 26.7 Å². The van der Waals surface area contributed by atoms with Crippen LogP contribution >= 0.6 is 0 Å². The van der Waals surface area contributed by atoms with Crippen LogP contribution in [-0.4, -0.2) is 49.0 Å². The molecule has 0 bridgehead atoms. The summed E-state index contributed by atoms with van der Waals surface area (Å²) in [6.45, 7) is 3.29. The van der Waals surface area contributed by atoms with E-state index in [1.807, 2.05) is 13.8 Å². The quantitative estimate of drug-likeness (QED) is 0.731. The van der Waals surface area contributed by atoms with E-state index in [0.717, 1.165) is 4.90 Å². The highest BCUT2D eigenvalue weighted by molar-refractivity contribution is 6.10. The molecular weight excluding hydrogens is 326 g/mol. The van der Waals surface area contributed by atoms with Gasteiger partial charge in [0.05, 0.1) is 19.9 Å². The minimum Gasteiger partial charge on any atom is -0.497 e. The summed E-state index contributed by atoms with van der Waals surface area (Å²) in [5.74, 6) is 0.135. The molecule has 0 spiro atoms. The fourth-order valence-electron chi connectivity index (χ4n) is 2.78. The van der Waals surface area contributed by atoms with Crippen LogP contribution in [-0.2, 0) is 9.59 Å². The van der Waals surface area contributed by atoms with Crippen molar-refractivity contribution < 1.29 is 23.9 Å². The minimum absolute atomic E-state index is 0.360. The highest BCUT2D eigenvalue weighted by atomic mass is 16.5. The summed E-state index contributed by atoms with van der Waals surface area (Å²) in [5, 5.41) is 5.34. The first-order valence-corrected chi connectivity index (χ1v) is 8.06. The second-order valence-corrected chi connectivity index (χ2v) is 5.73. The van der Waals surface area contributed by atoms with Crippen molar-refractivity contribution >= 4 is 23.5 Å². The van der Waals surface area contributed by atoms with Crippen molar-refractivity contribution in [3.63, 3.8) is 0 Å². The highest BCUT2D eigenvalue weighted by Gasteiger charge is 2.49. The maximum absolute atomic E-state index is 12.5. The number of rotatable bonds is 7. The summed E-state index contributed by atoms with van der Waals surface area (Å²) in [6.07, 6.45) is 0.941. The van der Waals surface area contributed by atoms with Crippen LogP contribution in [0.5, 0.6) is 11.5 Å². The van der Waals surface area contributed by atoms with Gasteiger partial charge in [0, 0.05) is 6.07 Å². The van der Waals surface area contributed by atoms with E-state index in [-0.39, 0.29) is 12.5 Å². The van der Waals surface area contributed by atoms with Crippen LogP contribution in [0, 0.1) is 0 Å². The Morgan fingerprint density at radius 1 is 1.20 bits per heavy atom. The summed E-state index contributed by atoms with van der Waals surface area (Å²) in [7, 11) is 3.00. The molecule has 1 saturated heterocycles. The lowest BCUT2D eigenvalue weighted by atomic mass is 9.93. The van der Waals surface area contributed by atoms with Crippen molar-refractivity contribution in [3.8, 4) is 11.5 Å². The van der Waals surface area contributed by atoms with Crippen molar-refractivity contribution in [1.82, 2.24) is 10.2 Å². The normalized spacial score (nSPS) is 15.8. The predicted octanol–water partition coefficient (Wildman–Crippen LogP) is 1.75. The Kier molecular flexibility index (Phi) is 5.51. The summed E-state index contributed by atoms with van der Waals surface area (Å²) >= 11 is 0. The SMILES string of the molecule is CCC1(CC)NC(=O)N(CC(=O)Nc2ccc(OC)cc2OC)C1=O. The molecule has 25 heavy (non-hydrogen) atoms. The van der Waals surface area contributed by atoms with Gasteiger partial charge in [0.15, 0.2) is 0 Å². The van der Waals surface area contributed by atoms with Crippen LogP contribution in [0.25, 0.3) is 0 Å². The lowest BCUT2D eigenvalue weighted by Gasteiger charge is -2.23. The first-order valence-electron chi connectivity index (χ1n) is 8.06. The fraction of sp³-hybridized carbons (Fsp3) is 0.471. The molecule has 2 rings (SSSR count). The zero-order valence-corrected chi connectivity index (χ0v) is 14.8. The van der Waals surface area contributed by atoms with Gasteiger partial charge in [0.1, 0.15) is 23.6 Å². The Morgan fingerprint density at radius 2 is 1.88 bits per heavy atom. The third-order valence-electron chi connectivity index (χ3n) is 4.44. The van der Waals surface area contributed by atoms with E-state index in [1.165, 1.54) is 14.2 Å². The molecule has 1 fully saturated rings. The molecule has 8 nitrogen and oxygen atoms in total. The molecule has 1 aliphatic rings. The van der Waals surface area contributed by atoms with Gasteiger partial charge in [-0.15, -0.1) is 0 Å². The Morgan fingerprint density at radius 3 is 2.40 bits per heavy atom. The number of hydrogen-bond acceptors (Lipinski definition) is 5. The second-order valence-electron chi connectivity index (χ2n) is 5.73. The van der Waals surface area contributed by atoms with Gasteiger partial charge in [-0.2, -0.15) is 0 Å². The van der Waals surface area contributed by atoms with Crippen LogP contribution in [0.2, 0.25) is 0 Å². The number of methoxy groups -OCH3 is 2. The highest BCUT2D eigenvalue weighted by Crippen LogP contribution is 2.29. The molecule has 0 unspecified atom stereocenters. The maximum atomic E-state index is 12.5. The first-order chi connectivity index (χ1) is 11.9. The van der Waals surface area contributed by atoms with E-state index in [0.29, 0.717) is 30.0 Å². The molecule has 0 atom stereocenters. The van der Waals surface area contributed by atoms with Crippen LogP contribution < -0.4 is 20.1 Å². The number of hydrogen-bond donors (Lipinski definition) is 2. The summed E-state index contributed by atoms with van der Waals surface area (Å²) in [5.41, 5.74) is -0.493. The van der Waals surface area contributed by atoms with Gasteiger partial charge in [0.2, 0.25) is 5.91 Å². The molecule has 8 heteroatoms. The van der Waals surface area contributed by atoms with Crippen LogP contribution in [0.15, 0.2) is 18.2 Å². The van der Waals surface area contributed by atoms with Crippen molar-refractivity contribution in [2.24, 2.45) is 0 Å². The lowest BCUT2D eigenvalue weighted by molar-refractivity contribution is -0.134. The molecular formula is C17H23N3O5. The zero-order chi connectivity index (χ0) is 18.6. The number of amides is 4. The third-order valence-corrected chi connectivity index (χ3v) is 4.44. The van der Waals surface area contributed by atoms with Crippen LogP contribution in [0.4, 0.5) is 10.5 Å². The Labute approximate surface area is 146 Å². The molecule has 1 aromatic carbocycles.